The van der Waals surface area contributed by atoms with E-state index in [4.69, 9.17) is 5.73 Å². The van der Waals surface area contributed by atoms with E-state index in [0.717, 1.165) is 42.2 Å². The van der Waals surface area contributed by atoms with Crippen molar-refractivity contribution in [1.82, 2.24) is 9.55 Å². The minimum absolute atomic E-state index is 0.0255. The molecule has 1 saturated heterocycles. The number of pyridine rings is 1. The average molecular weight is 375 g/mol. The molecule has 0 radical (unpaired) electrons. The molecular formula is C17H21N5O3S. The molecule has 3 N–H and O–H groups in total. The van der Waals surface area contributed by atoms with Crippen LogP contribution in [0, 0.1) is 12.8 Å². The third kappa shape index (κ3) is 4.10. The smallest absolute Gasteiger partial charge is 0.307 e. The maximum absolute atomic E-state index is 12.1. The summed E-state index contributed by atoms with van der Waals surface area (Å²) in [6, 6.07) is 3.57. The lowest BCUT2D eigenvalue weighted by atomic mass is 9.97. The number of aryl methyl sites for hydroxylation is 1. The van der Waals surface area contributed by atoms with Crippen LogP contribution in [0.5, 0.6) is 0 Å². The maximum atomic E-state index is 12.1. The maximum Gasteiger partial charge on any atom is 0.307 e. The number of hydrogen-bond acceptors (Lipinski definition) is 6. The van der Waals surface area contributed by atoms with Crippen molar-refractivity contribution in [2.75, 3.05) is 23.3 Å². The summed E-state index contributed by atoms with van der Waals surface area (Å²) in [5.74, 6) is 0.0309. The van der Waals surface area contributed by atoms with Crippen LogP contribution in [0.4, 0.5) is 11.5 Å². The van der Waals surface area contributed by atoms with Gasteiger partial charge >= 0.3 is 4.87 Å². The molecule has 0 spiro atoms. The van der Waals surface area contributed by atoms with Gasteiger partial charge < -0.3 is 16.0 Å². The molecule has 1 fully saturated rings. The lowest BCUT2D eigenvalue weighted by Gasteiger charge is -2.32. The van der Waals surface area contributed by atoms with Crippen molar-refractivity contribution < 1.29 is 9.59 Å². The highest BCUT2D eigenvalue weighted by Gasteiger charge is 2.24. The Balaban J connectivity index is 1.61. The number of primary amides is 1. The van der Waals surface area contributed by atoms with Crippen LogP contribution in [0.15, 0.2) is 28.5 Å². The van der Waals surface area contributed by atoms with Gasteiger partial charge in [0.25, 0.3) is 0 Å². The first kappa shape index (κ1) is 18.1. The number of nitrogens with two attached hydrogens (primary N) is 1. The van der Waals surface area contributed by atoms with E-state index in [1.165, 1.54) is 4.57 Å². The Morgan fingerprint density at radius 2 is 2.23 bits per heavy atom. The van der Waals surface area contributed by atoms with Crippen LogP contribution in [0.3, 0.4) is 0 Å². The Morgan fingerprint density at radius 1 is 1.42 bits per heavy atom. The highest BCUT2D eigenvalue weighted by molar-refractivity contribution is 7.07. The second-order valence-electron chi connectivity index (χ2n) is 6.37. The van der Waals surface area contributed by atoms with Crippen molar-refractivity contribution in [3.05, 3.63) is 39.1 Å². The number of nitrogens with zero attached hydrogens (tertiary/aromatic N) is 3. The van der Waals surface area contributed by atoms with E-state index in [1.54, 1.807) is 30.6 Å². The summed E-state index contributed by atoms with van der Waals surface area (Å²) in [4.78, 5) is 41.4. The summed E-state index contributed by atoms with van der Waals surface area (Å²) in [6.07, 6.45) is 3.27. The molecule has 3 heterocycles. The van der Waals surface area contributed by atoms with Crippen molar-refractivity contribution in [1.29, 1.82) is 0 Å². The Labute approximate surface area is 154 Å². The van der Waals surface area contributed by atoms with Crippen LogP contribution in [0.2, 0.25) is 0 Å². The molecule has 26 heavy (non-hydrogen) atoms. The molecule has 2 amide bonds. The van der Waals surface area contributed by atoms with Crippen molar-refractivity contribution >= 4 is 34.7 Å². The molecule has 1 aliphatic heterocycles. The number of rotatable bonds is 5. The third-order valence-electron chi connectivity index (χ3n) is 4.46. The fourth-order valence-corrected chi connectivity index (χ4v) is 3.74. The third-order valence-corrected chi connectivity index (χ3v) is 5.34. The summed E-state index contributed by atoms with van der Waals surface area (Å²) in [7, 11) is 0. The van der Waals surface area contributed by atoms with Crippen molar-refractivity contribution in [2.45, 2.75) is 26.3 Å². The van der Waals surface area contributed by atoms with Gasteiger partial charge in [0.05, 0.1) is 17.8 Å². The van der Waals surface area contributed by atoms with Crippen LogP contribution < -0.4 is 20.8 Å². The Bertz CT molecular complexity index is 858. The van der Waals surface area contributed by atoms with Gasteiger partial charge in [-0.2, -0.15) is 0 Å². The highest BCUT2D eigenvalue weighted by atomic mass is 32.1. The number of anilines is 2. The SMILES string of the molecule is Cc1csc(=O)n1CC(=O)Nc1ccc(N2CCCC(C(N)=O)C2)nc1. The Hall–Kier alpha value is -2.68. The van der Waals surface area contributed by atoms with E-state index in [-0.39, 0.29) is 29.1 Å². The fourth-order valence-electron chi connectivity index (χ4n) is 3.00. The molecule has 0 aliphatic carbocycles. The van der Waals surface area contributed by atoms with Crippen LogP contribution in [0.1, 0.15) is 18.5 Å². The molecule has 2 aromatic rings. The lowest BCUT2D eigenvalue weighted by molar-refractivity contribution is -0.122. The first-order chi connectivity index (χ1) is 12.4. The lowest BCUT2D eigenvalue weighted by Crippen LogP contribution is -2.41. The molecule has 0 bridgehead atoms. The molecule has 0 aromatic carbocycles. The highest BCUT2D eigenvalue weighted by Crippen LogP contribution is 2.22. The summed E-state index contributed by atoms with van der Waals surface area (Å²) < 4.78 is 1.43. The van der Waals surface area contributed by atoms with Crippen LogP contribution in [0.25, 0.3) is 0 Å². The van der Waals surface area contributed by atoms with Crippen molar-refractivity contribution in [3.8, 4) is 0 Å². The number of aromatic nitrogens is 2. The number of carbonyl (C=O) groups excluding carboxylic acids is 2. The number of hydrogen-bond donors (Lipinski definition) is 2. The predicted octanol–water partition coefficient (Wildman–Crippen LogP) is 0.954. The van der Waals surface area contributed by atoms with Crippen molar-refractivity contribution in [2.24, 2.45) is 11.7 Å². The van der Waals surface area contributed by atoms with Crippen LogP contribution in [-0.2, 0) is 16.1 Å². The van der Waals surface area contributed by atoms with E-state index < -0.39 is 0 Å². The zero-order valence-electron chi connectivity index (χ0n) is 14.5. The molecule has 3 rings (SSSR count). The summed E-state index contributed by atoms with van der Waals surface area (Å²) >= 11 is 1.08. The van der Waals surface area contributed by atoms with Gasteiger partial charge in [0.15, 0.2) is 0 Å². The molecule has 1 unspecified atom stereocenters. The van der Waals surface area contributed by atoms with Gasteiger partial charge in [-0.25, -0.2) is 4.98 Å². The molecule has 0 saturated carbocycles. The normalized spacial score (nSPS) is 17.1. The number of carbonyl (C=O) groups is 2. The van der Waals surface area contributed by atoms with E-state index >= 15 is 0 Å². The second kappa shape index (κ2) is 7.69. The van der Waals surface area contributed by atoms with Gasteiger partial charge in [-0.15, -0.1) is 0 Å². The fraction of sp³-hybridized carbons (Fsp3) is 0.412. The summed E-state index contributed by atoms with van der Waals surface area (Å²) in [5, 5.41) is 4.47. The molecule has 1 aliphatic rings. The van der Waals surface area contributed by atoms with Gasteiger partial charge in [-0.3, -0.25) is 19.0 Å². The van der Waals surface area contributed by atoms with Gasteiger partial charge in [0.2, 0.25) is 11.8 Å². The van der Waals surface area contributed by atoms with Crippen LogP contribution >= 0.6 is 11.3 Å². The standard InChI is InChI=1S/C17H21N5O3S/c1-11-10-26-17(25)22(11)9-15(23)20-13-4-5-14(19-7-13)21-6-2-3-12(8-21)16(18)24/h4-5,7,10,12H,2-3,6,8-9H2,1H3,(H2,18,24)(H,20,23). The van der Waals surface area contributed by atoms with Crippen LogP contribution in [-0.4, -0.2) is 34.5 Å². The number of piperidine rings is 1. The average Bonchev–Trinajstić information content (AvgIpc) is 2.94. The van der Waals surface area contributed by atoms with Gasteiger partial charge in [0, 0.05) is 24.2 Å². The summed E-state index contributed by atoms with van der Waals surface area (Å²) in [6.45, 7) is 3.15. The monoisotopic (exact) mass is 375 g/mol. The summed E-state index contributed by atoms with van der Waals surface area (Å²) in [5.41, 5.74) is 6.73. The Kier molecular flexibility index (Phi) is 5.36. The minimum Gasteiger partial charge on any atom is -0.369 e. The largest absolute Gasteiger partial charge is 0.369 e. The van der Waals surface area contributed by atoms with E-state index in [9.17, 15) is 14.4 Å². The van der Waals surface area contributed by atoms with Gasteiger partial charge in [-0.05, 0) is 31.9 Å². The molecule has 8 nitrogen and oxygen atoms in total. The number of thiazole rings is 1. The number of amides is 2. The zero-order chi connectivity index (χ0) is 18.7. The second-order valence-corrected chi connectivity index (χ2v) is 7.19. The van der Waals surface area contributed by atoms with E-state index in [1.807, 2.05) is 4.90 Å². The van der Waals surface area contributed by atoms with E-state index in [2.05, 4.69) is 10.3 Å². The Morgan fingerprint density at radius 3 is 2.85 bits per heavy atom. The first-order valence-corrected chi connectivity index (χ1v) is 9.27. The van der Waals surface area contributed by atoms with Crippen molar-refractivity contribution in [3.63, 3.8) is 0 Å². The minimum atomic E-state index is -0.282. The van der Waals surface area contributed by atoms with Gasteiger partial charge in [0.1, 0.15) is 12.4 Å². The molecular weight excluding hydrogens is 354 g/mol. The topological polar surface area (TPSA) is 110 Å². The first-order valence-electron chi connectivity index (χ1n) is 8.39. The molecule has 1 atom stereocenters. The molecule has 2 aromatic heterocycles. The predicted molar refractivity (Wildman–Crippen MR) is 100 cm³/mol. The quantitative estimate of drug-likeness (QED) is 0.808. The molecule has 9 heteroatoms. The van der Waals surface area contributed by atoms with E-state index in [0.29, 0.717) is 12.2 Å². The zero-order valence-corrected chi connectivity index (χ0v) is 15.3. The molecule has 138 valence electrons. The van der Waals surface area contributed by atoms with Gasteiger partial charge in [-0.1, -0.05) is 11.3 Å². The number of nitrogens with one attached hydrogen (secondary N) is 1.